The molecule has 2 heterocycles. The Hall–Kier alpha value is -1.26. The summed E-state index contributed by atoms with van der Waals surface area (Å²) in [6.45, 7) is 0. The van der Waals surface area contributed by atoms with Crippen molar-refractivity contribution in [2.75, 3.05) is 10.5 Å². The van der Waals surface area contributed by atoms with Gasteiger partial charge in [0.25, 0.3) is 10.0 Å². The summed E-state index contributed by atoms with van der Waals surface area (Å²) in [4.78, 5) is 11.6. The monoisotopic (exact) mass is 407 g/mol. The quantitative estimate of drug-likeness (QED) is 0.800. The van der Waals surface area contributed by atoms with Crippen LogP contribution >= 0.6 is 31.9 Å². The van der Waals surface area contributed by atoms with Gasteiger partial charge < -0.3 is 5.73 Å². The Morgan fingerprint density at radius 3 is 2.47 bits per heavy atom. The van der Waals surface area contributed by atoms with Crippen LogP contribution in [0.25, 0.3) is 0 Å². The minimum Gasteiger partial charge on any atom is -0.384 e. The summed E-state index contributed by atoms with van der Waals surface area (Å²) in [6.07, 6.45) is 2.54. The predicted molar refractivity (Wildman–Crippen MR) is 76.9 cm³/mol. The second-order valence-electron chi connectivity index (χ2n) is 3.36. The lowest BCUT2D eigenvalue weighted by Gasteiger charge is -2.08. The number of rotatable bonds is 3. The van der Waals surface area contributed by atoms with Crippen molar-refractivity contribution in [2.24, 2.45) is 0 Å². The third-order valence-corrected chi connectivity index (χ3v) is 4.26. The Balaban J connectivity index is 2.33. The lowest BCUT2D eigenvalue weighted by Crippen LogP contribution is -2.15. The van der Waals surface area contributed by atoms with Gasteiger partial charge in [0, 0.05) is 6.20 Å². The van der Waals surface area contributed by atoms with Crippen LogP contribution in [0.3, 0.4) is 0 Å². The van der Waals surface area contributed by atoms with E-state index in [1.165, 1.54) is 18.3 Å². The molecule has 100 valence electrons. The van der Waals surface area contributed by atoms with Crippen LogP contribution < -0.4 is 10.5 Å². The molecule has 2 aromatic rings. The largest absolute Gasteiger partial charge is 0.384 e. The summed E-state index contributed by atoms with van der Waals surface area (Å²) >= 11 is 6.24. The number of halogens is 2. The number of pyridine rings is 1. The van der Waals surface area contributed by atoms with Crippen molar-refractivity contribution in [3.05, 3.63) is 33.7 Å². The highest BCUT2D eigenvalue weighted by Gasteiger charge is 2.17. The average Bonchev–Trinajstić information content (AvgIpc) is 2.33. The number of nitrogens with one attached hydrogen (secondary N) is 1. The Bertz CT molecular complexity index is 705. The van der Waals surface area contributed by atoms with Crippen molar-refractivity contribution >= 4 is 53.5 Å². The highest BCUT2D eigenvalue weighted by Crippen LogP contribution is 2.22. The Kier molecular flexibility index (Phi) is 4.02. The van der Waals surface area contributed by atoms with Gasteiger partial charge in [-0.1, -0.05) is 0 Å². The molecule has 0 bridgehead atoms. The number of sulfonamides is 1. The minimum atomic E-state index is -3.78. The molecule has 7 nitrogen and oxygen atoms in total. The second-order valence-corrected chi connectivity index (χ2v) is 6.60. The molecule has 3 N–H and O–H groups in total. The van der Waals surface area contributed by atoms with Crippen molar-refractivity contribution in [2.45, 2.75) is 4.90 Å². The van der Waals surface area contributed by atoms with E-state index in [-0.39, 0.29) is 21.1 Å². The van der Waals surface area contributed by atoms with E-state index >= 15 is 0 Å². The van der Waals surface area contributed by atoms with E-state index in [1.807, 2.05) is 0 Å². The van der Waals surface area contributed by atoms with Gasteiger partial charge in [0.15, 0.2) is 10.4 Å². The van der Waals surface area contributed by atoms with Crippen LogP contribution in [-0.2, 0) is 10.0 Å². The molecule has 0 atom stereocenters. The zero-order valence-electron chi connectivity index (χ0n) is 9.21. The lowest BCUT2D eigenvalue weighted by molar-refractivity contribution is 0.600. The van der Waals surface area contributed by atoms with Gasteiger partial charge in [-0.2, -0.15) is 0 Å². The molecule has 19 heavy (non-hydrogen) atoms. The molecule has 2 rings (SSSR count). The maximum absolute atomic E-state index is 12.1. The van der Waals surface area contributed by atoms with Gasteiger partial charge in [-0.05, 0) is 44.0 Å². The van der Waals surface area contributed by atoms with Crippen LogP contribution in [0.15, 0.2) is 38.6 Å². The summed E-state index contributed by atoms with van der Waals surface area (Å²) in [5.74, 6) is 0.323. The third-order valence-electron chi connectivity index (χ3n) is 2.00. The highest BCUT2D eigenvalue weighted by atomic mass is 79.9. The van der Waals surface area contributed by atoms with Crippen LogP contribution in [0.4, 0.5) is 11.6 Å². The van der Waals surface area contributed by atoms with Crippen molar-refractivity contribution in [1.82, 2.24) is 15.0 Å². The molecular formula is C9H7Br2N5O2S. The summed E-state index contributed by atoms with van der Waals surface area (Å²) in [6, 6.07) is 2.75. The maximum Gasteiger partial charge on any atom is 0.264 e. The molecule has 0 aliphatic heterocycles. The van der Waals surface area contributed by atoms with Crippen LogP contribution in [0, 0.1) is 0 Å². The first-order valence-electron chi connectivity index (χ1n) is 4.81. The third kappa shape index (κ3) is 3.39. The molecule has 0 aliphatic carbocycles. The van der Waals surface area contributed by atoms with Crippen molar-refractivity contribution in [3.8, 4) is 0 Å². The minimum absolute atomic E-state index is 0.0154. The fourth-order valence-electron chi connectivity index (χ4n) is 1.15. The van der Waals surface area contributed by atoms with Crippen molar-refractivity contribution < 1.29 is 8.42 Å². The molecule has 0 fully saturated rings. The number of nitrogens with zero attached hydrogens (tertiary/aromatic N) is 3. The van der Waals surface area contributed by atoms with E-state index < -0.39 is 10.0 Å². The van der Waals surface area contributed by atoms with Gasteiger partial charge in [0.2, 0.25) is 0 Å². The first-order chi connectivity index (χ1) is 8.88. The SMILES string of the molecule is Nc1ccc(S(=O)(=O)Nc2ncc(Br)nc2Br)cn1. The van der Waals surface area contributed by atoms with E-state index in [0.717, 1.165) is 6.20 Å². The van der Waals surface area contributed by atoms with Crippen LogP contribution in [-0.4, -0.2) is 23.4 Å². The molecule has 0 saturated carbocycles. The fraction of sp³-hybridized carbons (Fsp3) is 0. The van der Waals surface area contributed by atoms with Gasteiger partial charge >= 0.3 is 0 Å². The van der Waals surface area contributed by atoms with Gasteiger partial charge in [0.1, 0.15) is 15.3 Å². The topological polar surface area (TPSA) is 111 Å². The van der Waals surface area contributed by atoms with E-state index in [1.54, 1.807) is 0 Å². The van der Waals surface area contributed by atoms with E-state index in [4.69, 9.17) is 5.73 Å². The summed E-state index contributed by atoms with van der Waals surface area (Å²) in [5, 5.41) is 0. The maximum atomic E-state index is 12.1. The standard InChI is InChI=1S/C9H7Br2N5O2S/c10-6-4-14-9(8(11)15-6)16-19(17,18)5-1-2-7(12)13-3-5/h1-4H,(H2,12,13)(H,14,16). The predicted octanol–water partition coefficient (Wildman–Crippen LogP) is 1.78. The first-order valence-corrected chi connectivity index (χ1v) is 7.88. The highest BCUT2D eigenvalue weighted by molar-refractivity contribution is 9.11. The number of nitrogens with two attached hydrogens (primary N) is 1. The smallest absolute Gasteiger partial charge is 0.264 e. The molecular weight excluding hydrogens is 402 g/mol. The van der Waals surface area contributed by atoms with Gasteiger partial charge in [0.05, 0.1) is 6.20 Å². The first kappa shape index (κ1) is 14.2. The summed E-state index contributed by atoms with van der Waals surface area (Å²) in [5.41, 5.74) is 5.40. The normalized spacial score (nSPS) is 11.3. The van der Waals surface area contributed by atoms with Gasteiger partial charge in [-0.15, -0.1) is 0 Å². The molecule has 0 aliphatic rings. The van der Waals surface area contributed by atoms with Crippen molar-refractivity contribution in [3.63, 3.8) is 0 Å². The van der Waals surface area contributed by atoms with Crippen LogP contribution in [0.1, 0.15) is 0 Å². The summed E-state index contributed by atoms with van der Waals surface area (Å²) in [7, 11) is -3.78. The Morgan fingerprint density at radius 2 is 1.89 bits per heavy atom. The van der Waals surface area contributed by atoms with Gasteiger partial charge in [-0.3, -0.25) is 4.72 Å². The summed E-state index contributed by atoms with van der Waals surface area (Å²) < 4.78 is 27.2. The number of anilines is 2. The number of hydrogen-bond donors (Lipinski definition) is 2. The number of nitrogen functional groups attached to an aromatic ring is 1. The molecule has 0 amide bonds. The Morgan fingerprint density at radius 1 is 1.16 bits per heavy atom. The van der Waals surface area contributed by atoms with Crippen LogP contribution in [0.5, 0.6) is 0 Å². The van der Waals surface area contributed by atoms with Gasteiger partial charge in [-0.25, -0.2) is 23.4 Å². The molecule has 0 radical (unpaired) electrons. The molecule has 10 heteroatoms. The zero-order valence-corrected chi connectivity index (χ0v) is 13.2. The number of aromatic nitrogens is 3. The fourth-order valence-corrected chi connectivity index (χ4v) is 3.15. The number of hydrogen-bond acceptors (Lipinski definition) is 6. The molecule has 0 unspecified atom stereocenters. The zero-order chi connectivity index (χ0) is 14.0. The van der Waals surface area contributed by atoms with E-state index in [2.05, 4.69) is 51.5 Å². The average molecular weight is 409 g/mol. The Labute approximate surface area is 126 Å². The second kappa shape index (κ2) is 5.39. The van der Waals surface area contributed by atoms with E-state index in [0.29, 0.717) is 4.60 Å². The molecule has 0 spiro atoms. The molecule has 2 aromatic heterocycles. The lowest BCUT2D eigenvalue weighted by atomic mass is 10.5. The van der Waals surface area contributed by atoms with Crippen molar-refractivity contribution in [1.29, 1.82) is 0 Å². The molecule has 0 saturated heterocycles. The van der Waals surface area contributed by atoms with Crippen LogP contribution in [0.2, 0.25) is 0 Å². The molecule has 0 aromatic carbocycles. The van der Waals surface area contributed by atoms with E-state index in [9.17, 15) is 8.42 Å².